The molecule has 0 aliphatic rings. The molecule has 0 saturated carbocycles. The minimum atomic E-state index is -0.392. The fourth-order valence-electron chi connectivity index (χ4n) is 1.55. The Morgan fingerprint density at radius 2 is 2.06 bits per heavy atom. The third-order valence-electron chi connectivity index (χ3n) is 2.44. The van der Waals surface area contributed by atoms with E-state index in [9.17, 15) is 10.1 Å². The molecule has 1 heterocycles. The first kappa shape index (κ1) is 12.7. The zero-order valence-corrected chi connectivity index (χ0v) is 10.7. The standard InChI is InChI=1S/C12H13N3O2S/c1-9-14-8-12(18-9)7-13-6-10-2-4-11(5-3-10)15(16)17/h2-5,8,13H,6-7H2,1H3. The van der Waals surface area contributed by atoms with Gasteiger partial charge in [-0.3, -0.25) is 10.1 Å². The summed E-state index contributed by atoms with van der Waals surface area (Å²) in [5.74, 6) is 0. The van der Waals surface area contributed by atoms with Crippen molar-refractivity contribution in [2.24, 2.45) is 0 Å². The molecule has 94 valence electrons. The molecule has 0 saturated heterocycles. The van der Waals surface area contributed by atoms with Gasteiger partial charge in [-0.25, -0.2) is 4.98 Å². The number of aryl methyl sites for hydroxylation is 1. The van der Waals surface area contributed by atoms with Gasteiger partial charge < -0.3 is 5.32 Å². The Bertz CT molecular complexity index is 537. The van der Waals surface area contributed by atoms with E-state index in [1.54, 1.807) is 23.5 Å². The topological polar surface area (TPSA) is 68.1 Å². The zero-order valence-electron chi connectivity index (χ0n) is 9.92. The Labute approximate surface area is 109 Å². The van der Waals surface area contributed by atoms with Crippen LogP contribution in [0.3, 0.4) is 0 Å². The van der Waals surface area contributed by atoms with Gasteiger partial charge >= 0.3 is 0 Å². The van der Waals surface area contributed by atoms with Gasteiger partial charge in [-0.2, -0.15) is 0 Å². The first-order chi connectivity index (χ1) is 8.65. The lowest BCUT2D eigenvalue weighted by Crippen LogP contribution is -2.11. The van der Waals surface area contributed by atoms with Crippen LogP contribution in [0.1, 0.15) is 15.4 Å². The second-order valence-corrected chi connectivity index (χ2v) is 5.19. The summed E-state index contributed by atoms with van der Waals surface area (Å²) in [4.78, 5) is 15.5. The van der Waals surface area contributed by atoms with Crippen LogP contribution in [-0.4, -0.2) is 9.91 Å². The first-order valence-corrected chi connectivity index (χ1v) is 6.32. The molecule has 0 bridgehead atoms. The molecular formula is C12H13N3O2S. The maximum Gasteiger partial charge on any atom is 0.269 e. The highest BCUT2D eigenvalue weighted by atomic mass is 32.1. The van der Waals surface area contributed by atoms with Gasteiger partial charge in [-0.05, 0) is 12.5 Å². The first-order valence-electron chi connectivity index (χ1n) is 5.50. The summed E-state index contributed by atoms with van der Waals surface area (Å²) in [5.41, 5.74) is 1.15. The highest BCUT2D eigenvalue weighted by Gasteiger charge is 2.03. The molecule has 0 atom stereocenters. The average molecular weight is 263 g/mol. The molecule has 0 unspecified atom stereocenters. The number of thiazole rings is 1. The second-order valence-electron chi connectivity index (χ2n) is 3.87. The van der Waals surface area contributed by atoms with Crippen LogP contribution in [0.2, 0.25) is 0 Å². The largest absolute Gasteiger partial charge is 0.308 e. The lowest BCUT2D eigenvalue weighted by atomic mass is 10.2. The van der Waals surface area contributed by atoms with Crippen molar-refractivity contribution < 1.29 is 4.92 Å². The highest BCUT2D eigenvalue weighted by Crippen LogP contribution is 2.13. The van der Waals surface area contributed by atoms with Crippen molar-refractivity contribution in [1.82, 2.24) is 10.3 Å². The van der Waals surface area contributed by atoms with Crippen LogP contribution in [0.15, 0.2) is 30.5 Å². The van der Waals surface area contributed by atoms with Gasteiger partial charge in [0, 0.05) is 36.3 Å². The molecule has 18 heavy (non-hydrogen) atoms. The van der Waals surface area contributed by atoms with Crippen LogP contribution in [0.25, 0.3) is 0 Å². The van der Waals surface area contributed by atoms with Crippen LogP contribution in [0.4, 0.5) is 5.69 Å². The monoisotopic (exact) mass is 263 g/mol. The van der Waals surface area contributed by atoms with Gasteiger partial charge in [0.25, 0.3) is 5.69 Å². The van der Waals surface area contributed by atoms with Crippen LogP contribution < -0.4 is 5.32 Å². The van der Waals surface area contributed by atoms with E-state index in [1.165, 1.54) is 17.0 Å². The quantitative estimate of drug-likeness (QED) is 0.665. The minimum absolute atomic E-state index is 0.122. The van der Waals surface area contributed by atoms with Crippen LogP contribution in [-0.2, 0) is 13.1 Å². The molecule has 1 aromatic heterocycles. The van der Waals surface area contributed by atoms with Gasteiger partial charge in [0.1, 0.15) is 0 Å². The predicted octanol–water partition coefficient (Wildman–Crippen LogP) is 2.65. The molecular weight excluding hydrogens is 250 g/mol. The number of nitro benzene ring substituents is 1. The normalized spacial score (nSPS) is 10.5. The molecule has 6 heteroatoms. The number of non-ortho nitro benzene ring substituents is 1. The van der Waals surface area contributed by atoms with E-state index in [0.29, 0.717) is 6.54 Å². The summed E-state index contributed by atoms with van der Waals surface area (Å²) in [6, 6.07) is 6.58. The van der Waals surface area contributed by atoms with E-state index in [1.807, 2.05) is 13.1 Å². The maximum absolute atomic E-state index is 10.5. The van der Waals surface area contributed by atoms with E-state index >= 15 is 0 Å². The van der Waals surface area contributed by atoms with Crippen molar-refractivity contribution in [3.8, 4) is 0 Å². The SMILES string of the molecule is Cc1ncc(CNCc2ccc([N+](=O)[O-])cc2)s1. The van der Waals surface area contributed by atoms with Crippen LogP contribution in [0, 0.1) is 17.0 Å². The summed E-state index contributed by atoms with van der Waals surface area (Å²) in [5, 5.41) is 14.8. The summed E-state index contributed by atoms with van der Waals surface area (Å²) >= 11 is 1.67. The molecule has 0 fully saturated rings. The minimum Gasteiger partial charge on any atom is -0.308 e. The van der Waals surface area contributed by atoms with Crippen molar-refractivity contribution in [3.05, 3.63) is 56.0 Å². The number of nitrogens with one attached hydrogen (secondary N) is 1. The molecule has 5 nitrogen and oxygen atoms in total. The van der Waals surface area contributed by atoms with E-state index in [0.717, 1.165) is 17.1 Å². The Kier molecular flexibility index (Phi) is 4.01. The molecule has 0 amide bonds. The number of hydrogen-bond acceptors (Lipinski definition) is 5. The highest BCUT2D eigenvalue weighted by molar-refractivity contribution is 7.11. The summed E-state index contributed by atoms with van der Waals surface area (Å²) in [6.45, 7) is 3.43. The lowest BCUT2D eigenvalue weighted by Gasteiger charge is -2.02. The number of rotatable bonds is 5. The Hall–Kier alpha value is -1.79. The summed E-state index contributed by atoms with van der Waals surface area (Å²) in [6.07, 6.45) is 1.86. The average Bonchev–Trinajstić information content (AvgIpc) is 2.76. The van der Waals surface area contributed by atoms with Gasteiger partial charge in [-0.15, -0.1) is 11.3 Å². The molecule has 0 aliphatic heterocycles. The molecule has 0 aliphatic carbocycles. The molecule has 1 N–H and O–H groups in total. The van der Waals surface area contributed by atoms with Crippen molar-refractivity contribution in [1.29, 1.82) is 0 Å². The Balaban J connectivity index is 1.85. The van der Waals surface area contributed by atoms with Gasteiger partial charge in [-0.1, -0.05) is 12.1 Å². The maximum atomic E-state index is 10.5. The van der Waals surface area contributed by atoms with Crippen LogP contribution in [0.5, 0.6) is 0 Å². The van der Waals surface area contributed by atoms with Gasteiger partial charge in [0.2, 0.25) is 0 Å². The van der Waals surface area contributed by atoms with Gasteiger partial charge in [0.15, 0.2) is 0 Å². The zero-order chi connectivity index (χ0) is 13.0. The van der Waals surface area contributed by atoms with Crippen LogP contribution >= 0.6 is 11.3 Å². The number of nitrogens with zero attached hydrogens (tertiary/aromatic N) is 2. The fraction of sp³-hybridized carbons (Fsp3) is 0.250. The van der Waals surface area contributed by atoms with E-state index < -0.39 is 4.92 Å². The number of aromatic nitrogens is 1. The Morgan fingerprint density at radius 1 is 1.33 bits per heavy atom. The lowest BCUT2D eigenvalue weighted by molar-refractivity contribution is -0.384. The van der Waals surface area contributed by atoms with Gasteiger partial charge in [0.05, 0.1) is 9.93 Å². The van der Waals surface area contributed by atoms with Crippen molar-refractivity contribution in [3.63, 3.8) is 0 Å². The predicted molar refractivity (Wildman–Crippen MR) is 70.5 cm³/mol. The Morgan fingerprint density at radius 3 is 2.61 bits per heavy atom. The molecule has 1 aromatic carbocycles. The van der Waals surface area contributed by atoms with E-state index in [4.69, 9.17) is 0 Å². The summed E-state index contributed by atoms with van der Waals surface area (Å²) < 4.78 is 0. The van der Waals surface area contributed by atoms with E-state index in [2.05, 4.69) is 10.3 Å². The third-order valence-corrected chi connectivity index (χ3v) is 3.36. The molecule has 0 radical (unpaired) electrons. The second kappa shape index (κ2) is 5.70. The molecule has 0 spiro atoms. The van der Waals surface area contributed by atoms with E-state index in [-0.39, 0.29) is 5.69 Å². The number of nitro groups is 1. The number of hydrogen-bond donors (Lipinski definition) is 1. The smallest absolute Gasteiger partial charge is 0.269 e. The molecule has 2 rings (SSSR count). The fourth-order valence-corrected chi connectivity index (χ4v) is 2.32. The van der Waals surface area contributed by atoms with Crippen molar-refractivity contribution >= 4 is 17.0 Å². The summed E-state index contributed by atoms with van der Waals surface area (Å²) in [7, 11) is 0. The van der Waals surface area contributed by atoms with Crippen molar-refractivity contribution in [2.45, 2.75) is 20.0 Å². The molecule has 2 aromatic rings. The third kappa shape index (κ3) is 3.35. The van der Waals surface area contributed by atoms with Crippen molar-refractivity contribution in [2.75, 3.05) is 0 Å². The number of benzene rings is 1.